The van der Waals surface area contributed by atoms with Gasteiger partial charge in [0.25, 0.3) is 0 Å². The highest BCUT2D eigenvalue weighted by atomic mass is 16.2. The van der Waals surface area contributed by atoms with Crippen LogP contribution in [0.2, 0.25) is 0 Å². The summed E-state index contributed by atoms with van der Waals surface area (Å²) in [4.78, 5) is 12.6. The van der Waals surface area contributed by atoms with Crippen molar-refractivity contribution in [3.8, 4) is 0 Å². The molecule has 1 saturated heterocycles. The van der Waals surface area contributed by atoms with Crippen molar-refractivity contribution in [2.24, 2.45) is 5.41 Å². The molecule has 1 aliphatic heterocycles. The molecular formula is C17H26N2O. The molecule has 20 heavy (non-hydrogen) atoms. The molecule has 0 saturated carbocycles. The highest BCUT2D eigenvalue weighted by molar-refractivity contribution is 5.86. The zero-order chi connectivity index (χ0) is 14.8. The van der Waals surface area contributed by atoms with E-state index in [0.29, 0.717) is 0 Å². The van der Waals surface area contributed by atoms with Gasteiger partial charge in [-0.15, -0.1) is 0 Å². The minimum absolute atomic E-state index is 0.0218. The fourth-order valence-corrected chi connectivity index (χ4v) is 2.82. The van der Waals surface area contributed by atoms with E-state index in [9.17, 15) is 4.79 Å². The zero-order valence-corrected chi connectivity index (χ0v) is 13.0. The van der Waals surface area contributed by atoms with Crippen LogP contribution in [0, 0.1) is 5.41 Å². The molecule has 0 spiro atoms. The third-order valence-electron chi connectivity index (χ3n) is 4.14. The second kappa shape index (κ2) is 5.57. The number of amides is 1. The molecule has 1 amide bonds. The molecule has 1 fully saturated rings. The van der Waals surface area contributed by atoms with Crippen LogP contribution in [0.15, 0.2) is 30.3 Å². The highest BCUT2D eigenvalue weighted by Crippen LogP contribution is 2.33. The van der Waals surface area contributed by atoms with E-state index in [1.54, 1.807) is 0 Å². The smallest absolute Gasteiger partial charge is 0.240 e. The minimum Gasteiger partial charge on any atom is -0.347 e. The summed E-state index contributed by atoms with van der Waals surface area (Å²) in [5.74, 6) is 0.110. The lowest BCUT2D eigenvalue weighted by Gasteiger charge is -2.35. The van der Waals surface area contributed by atoms with Crippen molar-refractivity contribution < 1.29 is 4.79 Å². The Balaban J connectivity index is 2.19. The van der Waals surface area contributed by atoms with Gasteiger partial charge in [0, 0.05) is 0 Å². The molecule has 0 bridgehead atoms. The van der Waals surface area contributed by atoms with E-state index in [-0.39, 0.29) is 17.4 Å². The minimum atomic E-state index is -0.418. The molecule has 2 rings (SSSR count). The lowest BCUT2D eigenvalue weighted by Crippen LogP contribution is -2.53. The summed E-state index contributed by atoms with van der Waals surface area (Å²) < 4.78 is 0. The van der Waals surface area contributed by atoms with Gasteiger partial charge in [-0.2, -0.15) is 0 Å². The van der Waals surface area contributed by atoms with Gasteiger partial charge < -0.3 is 10.6 Å². The Labute approximate surface area is 122 Å². The van der Waals surface area contributed by atoms with Crippen molar-refractivity contribution in [1.29, 1.82) is 0 Å². The van der Waals surface area contributed by atoms with Crippen molar-refractivity contribution in [1.82, 2.24) is 10.6 Å². The van der Waals surface area contributed by atoms with Gasteiger partial charge in [0.2, 0.25) is 5.91 Å². The first-order valence-electron chi connectivity index (χ1n) is 7.44. The van der Waals surface area contributed by atoms with Gasteiger partial charge in [-0.25, -0.2) is 0 Å². The molecule has 2 atom stereocenters. The summed E-state index contributed by atoms with van der Waals surface area (Å²) in [6, 6.07) is 10.2. The van der Waals surface area contributed by atoms with Crippen LogP contribution in [-0.2, 0) is 4.79 Å². The van der Waals surface area contributed by atoms with Gasteiger partial charge >= 0.3 is 0 Å². The molecule has 2 N–H and O–H groups in total. The first-order chi connectivity index (χ1) is 9.33. The predicted molar refractivity (Wildman–Crippen MR) is 82.4 cm³/mol. The fraction of sp³-hybridized carbons (Fsp3) is 0.588. The molecular weight excluding hydrogens is 248 g/mol. The maximum atomic E-state index is 12.6. The average molecular weight is 274 g/mol. The largest absolute Gasteiger partial charge is 0.347 e. The summed E-state index contributed by atoms with van der Waals surface area (Å²) in [6.45, 7) is 9.41. The molecule has 0 aromatic heterocycles. The molecule has 3 nitrogen and oxygen atoms in total. The van der Waals surface area contributed by atoms with E-state index in [1.807, 2.05) is 25.1 Å². The number of carbonyl (C=O) groups excluding carboxylic acids is 1. The average Bonchev–Trinajstić information content (AvgIpc) is 2.83. The van der Waals surface area contributed by atoms with Gasteiger partial charge in [0.05, 0.1) is 11.6 Å². The topological polar surface area (TPSA) is 41.1 Å². The summed E-state index contributed by atoms with van der Waals surface area (Å²) in [6.07, 6.45) is 1.97. The molecule has 2 unspecified atom stereocenters. The number of hydrogen-bond acceptors (Lipinski definition) is 2. The van der Waals surface area contributed by atoms with Crippen LogP contribution in [0.25, 0.3) is 0 Å². The highest BCUT2D eigenvalue weighted by Gasteiger charge is 2.38. The van der Waals surface area contributed by atoms with Crippen LogP contribution in [0.1, 0.15) is 52.1 Å². The van der Waals surface area contributed by atoms with E-state index in [1.165, 1.54) is 0 Å². The first kappa shape index (κ1) is 15.0. The van der Waals surface area contributed by atoms with Crippen LogP contribution in [0.3, 0.4) is 0 Å². The Morgan fingerprint density at radius 1 is 1.30 bits per heavy atom. The van der Waals surface area contributed by atoms with Crippen LogP contribution in [0.4, 0.5) is 0 Å². The van der Waals surface area contributed by atoms with Crippen LogP contribution >= 0.6 is 0 Å². The summed E-state index contributed by atoms with van der Waals surface area (Å²) in [5.41, 5.74) is 0.722. The molecule has 110 valence electrons. The summed E-state index contributed by atoms with van der Waals surface area (Å²) in [7, 11) is 0. The number of hydrogen-bond donors (Lipinski definition) is 2. The van der Waals surface area contributed by atoms with E-state index in [0.717, 1.165) is 24.9 Å². The molecule has 1 aromatic carbocycles. The van der Waals surface area contributed by atoms with Crippen molar-refractivity contribution in [3.63, 3.8) is 0 Å². The van der Waals surface area contributed by atoms with Crippen LogP contribution in [0.5, 0.6) is 0 Å². The van der Waals surface area contributed by atoms with E-state index < -0.39 is 5.54 Å². The molecule has 0 radical (unpaired) electrons. The third-order valence-corrected chi connectivity index (χ3v) is 4.14. The second-order valence-corrected chi connectivity index (χ2v) is 7.05. The monoisotopic (exact) mass is 274 g/mol. The lowest BCUT2D eigenvalue weighted by atomic mass is 9.81. The van der Waals surface area contributed by atoms with Crippen LogP contribution in [-0.4, -0.2) is 18.0 Å². The van der Waals surface area contributed by atoms with Gasteiger partial charge in [-0.1, -0.05) is 51.1 Å². The summed E-state index contributed by atoms with van der Waals surface area (Å²) >= 11 is 0. The van der Waals surface area contributed by atoms with Gasteiger partial charge in [-0.3, -0.25) is 4.79 Å². The Bertz CT molecular complexity index is 456. The van der Waals surface area contributed by atoms with Gasteiger partial charge in [-0.05, 0) is 37.3 Å². The molecule has 0 aliphatic carbocycles. The third kappa shape index (κ3) is 3.21. The molecule has 1 heterocycles. The fourth-order valence-electron chi connectivity index (χ4n) is 2.82. The standard InChI is InChI=1S/C17H26N2O/c1-16(2,3)14(13-9-6-5-7-10-13)19-15(20)17(4)11-8-12-18-17/h5-7,9-10,14,18H,8,11-12H2,1-4H3,(H,19,20). The Kier molecular flexibility index (Phi) is 4.19. The number of rotatable bonds is 3. The maximum absolute atomic E-state index is 12.6. The van der Waals surface area contributed by atoms with Gasteiger partial charge in [0.1, 0.15) is 0 Å². The quantitative estimate of drug-likeness (QED) is 0.889. The first-order valence-corrected chi connectivity index (χ1v) is 7.44. The Morgan fingerprint density at radius 3 is 2.45 bits per heavy atom. The van der Waals surface area contributed by atoms with E-state index in [2.05, 4.69) is 43.5 Å². The number of nitrogens with one attached hydrogen (secondary N) is 2. The Morgan fingerprint density at radius 2 is 1.95 bits per heavy atom. The normalized spacial score (nSPS) is 24.4. The van der Waals surface area contributed by atoms with E-state index in [4.69, 9.17) is 0 Å². The maximum Gasteiger partial charge on any atom is 0.240 e. The van der Waals surface area contributed by atoms with Crippen LogP contribution < -0.4 is 10.6 Å². The summed E-state index contributed by atoms with van der Waals surface area (Å²) in [5, 5.41) is 6.58. The Hall–Kier alpha value is -1.35. The van der Waals surface area contributed by atoms with Gasteiger partial charge in [0.15, 0.2) is 0 Å². The second-order valence-electron chi connectivity index (χ2n) is 7.05. The van der Waals surface area contributed by atoms with E-state index >= 15 is 0 Å². The molecule has 3 heteroatoms. The molecule has 1 aromatic rings. The van der Waals surface area contributed by atoms with Crippen molar-refractivity contribution >= 4 is 5.91 Å². The molecule has 1 aliphatic rings. The SMILES string of the molecule is CC1(C(=O)NC(c2ccccc2)C(C)(C)C)CCCN1. The zero-order valence-electron chi connectivity index (χ0n) is 13.0. The lowest BCUT2D eigenvalue weighted by molar-refractivity contribution is -0.128. The number of carbonyl (C=O) groups is 1. The van der Waals surface area contributed by atoms with Crippen molar-refractivity contribution in [2.75, 3.05) is 6.54 Å². The number of benzene rings is 1. The van der Waals surface area contributed by atoms with Crippen molar-refractivity contribution in [2.45, 2.75) is 52.1 Å². The van der Waals surface area contributed by atoms with Crippen molar-refractivity contribution in [3.05, 3.63) is 35.9 Å². The predicted octanol–water partition coefficient (Wildman–Crippen LogP) is 3.03.